The second-order valence-electron chi connectivity index (χ2n) is 5.70. The van der Waals surface area contributed by atoms with Gasteiger partial charge in [-0.3, -0.25) is 9.59 Å². The lowest BCUT2D eigenvalue weighted by molar-refractivity contribution is 0.0951. The van der Waals surface area contributed by atoms with E-state index < -0.39 is 11.5 Å². The van der Waals surface area contributed by atoms with Crippen LogP contribution in [0.3, 0.4) is 0 Å². The summed E-state index contributed by atoms with van der Waals surface area (Å²) in [5.41, 5.74) is 1.17. The minimum absolute atomic E-state index is 0.0647. The van der Waals surface area contributed by atoms with E-state index in [0.29, 0.717) is 34.5 Å². The number of aryl methyl sites for hydroxylation is 1. The van der Waals surface area contributed by atoms with Crippen molar-refractivity contribution in [2.75, 3.05) is 6.54 Å². The van der Waals surface area contributed by atoms with Crippen LogP contribution in [0.2, 0.25) is 10.0 Å². The van der Waals surface area contributed by atoms with E-state index >= 15 is 0 Å². The van der Waals surface area contributed by atoms with Crippen molar-refractivity contribution < 1.29 is 9.21 Å². The van der Waals surface area contributed by atoms with E-state index in [1.807, 2.05) is 12.1 Å². The second-order valence-corrected chi connectivity index (χ2v) is 6.51. The van der Waals surface area contributed by atoms with Crippen LogP contribution in [-0.2, 0) is 6.42 Å². The van der Waals surface area contributed by atoms with E-state index in [2.05, 4.69) is 10.3 Å². The topological polar surface area (TPSA) is 75.1 Å². The second kappa shape index (κ2) is 8.25. The molecule has 2 N–H and O–H groups in total. The zero-order valence-electron chi connectivity index (χ0n) is 13.7. The maximum Gasteiger partial charge on any atom is 0.261 e. The summed E-state index contributed by atoms with van der Waals surface area (Å²) >= 11 is 11.9. The molecule has 3 aromatic rings. The van der Waals surface area contributed by atoms with Crippen LogP contribution in [0.15, 0.2) is 57.9 Å². The van der Waals surface area contributed by atoms with Gasteiger partial charge in [-0.15, -0.1) is 0 Å². The summed E-state index contributed by atoms with van der Waals surface area (Å²) in [4.78, 5) is 26.9. The fraction of sp³-hybridized carbons (Fsp3) is 0.158. The molecule has 7 heteroatoms. The van der Waals surface area contributed by atoms with Gasteiger partial charge in [0.05, 0.1) is 22.0 Å². The Kier molecular flexibility index (Phi) is 5.81. The Hall–Kier alpha value is -2.50. The van der Waals surface area contributed by atoms with E-state index in [4.69, 9.17) is 27.6 Å². The van der Waals surface area contributed by atoms with Gasteiger partial charge in [0.25, 0.3) is 11.5 Å². The zero-order valence-corrected chi connectivity index (χ0v) is 15.2. The van der Waals surface area contributed by atoms with Gasteiger partial charge in [0, 0.05) is 6.54 Å². The van der Waals surface area contributed by atoms with Crippen LogP contribution < -0.4 is 10.9 Å². The molecule has 1 aromatic carbocycles. The lowest BCUT2D eigenvalue weighted by atomic mass is 10.1. The van der Waals surface area contributed by atoms with Gasteiger partial charge >= 0.3 is 0 Å². The fourth-order valence-corrected chi connectivity index (χ4v) is 2.83. The van der Waals surface area contributed by atoms with E-state index in [1.54, 1.807) is 24.3 Å². The first-order valence-corrected chi connectivity index (χ1v) is 8.79. The molecule has 0 aliphatic rings. The smallest absolute Gasteiger partial charge is 0.261 e. The molecule has 0 fully saturated rings. The number of benzene rings is 1. The highest BCUT2D eigenvalue weighted by Gasteiger charge is 2.12. The normalized spacial score (nSPS) is 10.7. The standard InChI is InChI=1S/C19H16Cl2N2O3/c20-14-7-5-12(11-15(14)21)3-1-9-22-18(24)13-6-8-16(23-19(13)25)17-4-2-10-26-17/h2,4-8,10-11H,1,3,9H2,(H,22,24)(H,23,25). The lowest BCUT2D eigenvalue weighted by Crippen LogP contribution is -2.30. The lowest BCUT2D eigenvalue weighted by Gasteiger charge is -2.06. The van der Waals surface area contributed by atoms with Gasteiger partial charge in [-0.25, -0.2) is 0 Å². The third-order valence-corrected chi connectivity index (χ3v) is 4.59. The molecule has 3 rings (SSSR count). The first-order chi connectivity index (χ1) is 12.5. The van der Waals surface area contributed by atoms with Crippen LogP contribution in [0.1, 0.15) is 22.3 Å². The zero-order chi connectivity index (χ0) is 18.5. The van der Waals surface area contributed by atoms with Crippen molar-refractivity contribution in [3.05, 3.63) is 80.3 Å². The molecule has 0 atom stereocenters. The highest BCUT2D eigenvalue weighted by atomic mass is 35.5. The number of H-pyrrole nitrogens is 1. The molecule has 0 spiro atoms. The molecule has 0 radical (unpaired) electrons. The number of hydrogen-bond acceptors (Lipinski definition) is 3. The Morgan fingerprint density at radius 2 is 1.96 bits per heavy atom. The Morgan fingerprint density at radius 1 is 1.12 bits per heavy atom. The predicted molar refractivity (Wildman–Crippen MR) is 102 cm³/mol. The molecular formula is C19H16Cl2N2O3. The Bertz CT molecular complexity index is 965. The molecule has 134 valence electrons. The number of halogens is 2. The van der Waals surface area contributed by atoms with Crippen LogP contribution in [0, 0.1) is 0 Å². The monoisotopic (exact) mass is 390 g/mol. The number of nitrogens with one attached hydrogen (secondary N) is 2. The van der Waals surface area contributed by atoms with Crippen molar-refractivity contribution >= 4 is 29.1 Å². The number of aromatic nitrogens is 1. The quantitative estimate of drug-likeness (QED) is 0.615. The van der Waals surface area contributed by atoms with Crippen LogP contribution in [-0.4, -0.2) is 17.4 Å². The number of rotatable bonds is 6. The average Bonchev–Trinajstić information content (AvgIpc) is 3.16. The van der Waals surface area contributed by atoms with E-state index in [0.717, 1.165) is 12.0 Å². The highest BCUT2D eigenvalue weighted by Crippen LogP contribution is 2.23. The molecule has 1 amide bonds. The summed E-state index contributed by atoms with van der Waals surface area (Å²) in [5.74, 6) is 0.127. The van der Waals surface area contributed by atoms with E-state index in [-0.39, 0.29) is 5.56 Å². The Labute approximate surface area is 159 Å². The largest absolute Gasteiger partial charge is 0.463 e. The molecule has 0 aliphatic heterocycles. The molecule has 0 bridgehead atoms. The van der Waals surface area contributed by atoms with E-state index in [9.17, 15) is 9.59 Å². The fourth-order valence-electron chi connectivity index (χ4n) is 2.51. The van der Waals surface area contributed by atoms with Crippen LogP contribution in [0.25, 0.3) is 11.5 Å². The minimum atomic E-state index is -0.458. The maximum atomic E-state index is 12.2. The molecular weight excluding hydrogens is 375 g/mol. The molecule has 0 unspecified atom stereocenters. The minimum Gasteiger partial charge on any atom is -0.463 e. The van der Waals surface area contributed by atoms with Gasteiger partial charge in [0.2, 0.25) is 0 Å². The SMILES string of the molecule is O=C(NCCCc1ccc(Cl)c(Cl)c1)c1ccc(-c2ccco2)[nH]c1=O. The van der Waals surface area contributed by atoms with Gasteiger partial charge in [-0.05, 0) is 54.8 Å². The van der Waals surface area contributed by atoms with Crippen molar-refractivity contribution in [3.63, 3.8) is 0 Å². The van der Waals surface area contributed by atoms with Gasteiger partial charge in [-0.2, -0.15) is 0 Å². The summed E-state index contributed by atoms with van der Waals surface area (Å²) < 4.78 is 5.22. The molecule has 0 saturated carbocycles. The van der Waals surface area contributed by atoms with Gasteiger partial charge in [-0.1, -0.05) is 29.3 Å². The van der Waals surface area contributed by atoms with Crippen molar-refractivity contribution in [1.29, 1.82) is 0 Å². The van der Waals surface area contributed by atoms with E-state index in [1.165, 1.54) is 12.3 Å². The van der Waals surface area contributed by atoms with Gasteiger partial charge < -0.3 is 14.7 Å². The number of carbonyl (C=O) groups excluding carboxylic acids is 1. The number of aromatic amines is 1. The molecule has 26 heavy (non-hydrogen) atoms. The van der Waals surface area contributed by atoms with Crippen LogP contribution >= 0.6 is 23.2 Å². The molecule has 5 nitrogen and oxygen atoms in total. The third kappa shape index (κ3) is 4.36. The number of amides is 1. The first-order valence-electron chi connectivity index (χ1n) is 8.04. The number of carbonyl (C=O) groups is 1. The highest BCUT2D eigenvalue weighted by molar-refractivity contribution is 6.42. The van der Waals surface area contributed by atoms with Crippen LogP contribution in [0.4, 0.5) is 0 Å². The summed E-state index contributed by atoms with van der Waals surface area (Å²) in [5, 5.41) is 3.77. The van der Waals surface area contributed by atoms with Crippen molar-refractivity contribution in [2.45, 2.75) is 12.8 Å². The molecule has 0 aliphatic carbocycles. The number of furan rings is 1. The van der Waals surface area contributed by atoms with Crippen molar-refractivity contribution in [1.82, 2.24) is 10.3 Å². The summed E-state index contributed by atoms with van der Waals surface area (Å²) in [6.45, 7) is 0.443. The van der Waals surface area contributed by atoms with Crippen molar-refractivity contribution in [2.24, 2.45) is 0 Å². The maximum absolute atomic E-state index is 12.2. The van der Waals surface area contributed by atoms with Crippen LogP contribution in [0.5, 0.6) is 0 Å². The average molecular weight is 391 g/mol. The van der Waals surface area contributed by atoms with Gasteiger partial charge in [0.1, 0.15) is 11.3 Å². The first kappa shape index (κ1) is 18.3. The molecule has 2 aromatic heterocycles. The number of pyridine rings is 1. The summed E-state index contributed by atoms with van der Waals surface area (Å²) in [6, 6.07) is 12.0. The third-order valence-electron chi connectivity index (χ3n) is 3.85. The Balaban J connectivity index is 1.55. The Morgan fingerprint density at radius 3 is 2.65 bits per heavy atom. The molecule has 0 saturated heterocycles. The molecule has 2 heterocycles. The summed E-state index contributed by atoms with van der Waals surface area (Å²) in [6.07, 6.45) is 2.97. The van der Waals surface area contributed by atoms with Crippen molar-refractivity contribution in [3.8, 4) is 11.5 Å². The number of hydrogen-bond donors (Lipinski definition) is 2. The van der Waals surface area contributed by atoms with Gasteiger partial charge in [0.15, 0.2) is 0 Å². The predicted octanol–water partition coefficient (Wildman–Crippen LogP) is 4.30. The summed E-state index contributed by atoms with van der Waals surface area (Å²) in [7, 11) is 0.